The number of thioether (sulfide) groups is 1. The van der Waals surface area contributed by atoms with Crippen molar-refractivity contribution in [3.63, 3.8) is 0 Å². The molecule has 2 N–H and O–H groups in total. The minimum Gasteiger partial charge on any atom is -0.481 e. The molecule has 4 aliphatic rings. The lowest BCUT2D eigenvalue weighted by Crippen LogP contribution is -2.49. The molecular weight excluding hydrogens is 400 g/mol. The summed E-state index contributed by atoms with van der Waals surface area (Å²) >= 11 is 2.96. The molecule has 0 spiro atoms. The van der Waals surface area contributed by atoms with Gasteiger partial charge in [-0.2, -0.15) is 0 Å². The zero-order chi connectivity index (χ0) is 20.0. The van der Waals surface area contributed by atoms with Crippen LogP contribution in [0.5, 0.6) is 0 Å². The van der Waals surface area contributed by atoms with Crippen LogP contribution in [0.1, 0.15) is 38.0 Å². The highest BCUT2D eigenvalue weighted by molar-refractivity contribution is 8.00. The monoisotopic (exact) mass is 422 g/mol. The van der Waals surface area contributed by atoms with Crippen LogP contribution in [0, 0.1) is 29.6 Å². The van der Waals surface area contributed by atoms with Crippen molar-refractivity contribution in [3.8, 4) is 0 Å². The van der Waals surface area contributed by atoms with Gasteiger partial charge in [0.15, 0.2) is 0 Å². The molecular formula is C19H22N2O5S2. The number of carboxylic acid groups (broad SMARTS) is 1. The van der Waals surface area contributed by atoms with Crippen LogP contribution in [-0.4, -0.2) is 44.6 Å². The number of thiazole rings is 1. The second kappa shape index (κ2) is 5.95. The quantitative estimate of drug-likeness (QED) is 0.718. The molecule has 1 aromatic rings. The number of hydrogen-bond donors (Lipinski definition) is 2. The molecule has 0 aromatic carbocycles. The number of carboxylic acids is 1. The van der Waals surface area contributed by atoms with Gasteiger partial charge < -0.3 is 10.1 Å². The lowest BCUT2D eigenvalue weighted by Gasteiger charge is -2.48. The van der Waals surface area contributed by atoms with E-state index in [0.717, 1.165) is 22.7 Å². The Morgan fingerprint density at radius 1 is 1.25 bits per heavy atom. The predicted octanol–water partition coefficient (Wildman–Crippen LogP) is 1.92. The summed E-state index contributed by atoms with van der Waals surface area (Å²) in [7, 11) is 0. The zero-order valence-electron chi connectivity index (χ0n) is 15.6. The Morgan fingerprint density at radius 2 is 1.93 bits per heavy atom. The highest BCUT2D eigenvalue weighted by atomic mass is 32.2. The van der Waals surface area contributed by atoms with E-state index in [-0.39, 0.29) is 69.9 Å². The molecule has 7 nitrogen and oxygen atoms in total. The molecule has 2 saturated carbocycles. The number of nitrogens with one attached hydrogen (secondary N) is 1. The molecule has 0 radical (unpaired) electrons. The van der Waals surface area contributed by atoms with Crippen molar-refractivity contribution in [1.82, 2.24) is 9.88 Å². The average Bonchev–Trinajstić information content (AvgIpc) is 3.36. The van der Waals surface area contributed by atoms with E-state index in [0.29, 0.717) is 0 Å². The fourth-order valence-corrected chi connectivity index (χ4v) is 9.58. The molecule has 0 unspecified atom stereocenters. The first-order chi connectivity index (χ1) is 13.3. The minimum atomic E-state index is -1.00. The third-order valence-corrected chi connectivity index (χ3v) is 10.4. The topological polar surface area (TPSA) is 108 Å². The van der Waals surface area contributed by atoms with Crippen LogP contribution in [-0.2, 0) is 19.8 Å². The van der Waals surface area contributed by atoms with Gasteiger partial charge in [-0.3, -0.25) is 24.1 Å². The number of aromatic nitrogens is 1. The smallest absolute Gasteiger partial charge is 0.305 e. The summed E-state index contributed by atoms with van der Waals surface area (Å²) in [6, 6.07) is 0. The van der Waals surface area contributed by atoms with Crippen molar-refractivity contribution in [3.05, 3.63) is 14.5 Å². The Kier molecular flexibility index (Phi) is 3.91. The van der Waals surface area contributed by atoms with Crippen molar-refractivity contribution < 1.29 is 19.5 Å². The van der Waals surface area contributed by atoms with Crippen LogP contribution >= 0.6 is 23.1 Å². The first-order valence-corrected chi connectivity index (χ1v) is 11.4. The van der Waals surface area contributed by atoms with Gasteiger partial charge in [0.05, 0.1) is 23.3 Å². The second-order valence-corrected chi connectivity index (χ2v) is 10.8. The molecule has 5 rings (SSSR count). The molecule has 7 atom stereocenters. The summed E-state index contributed by atoms with van der Waals surface area (Å²) in [6.45, 7) is 4.30. The number of carbonyl (C=O) groups is 3. The number of H-pyrrole nitrogens is 1. The summed E-state index contributed by atoms with van der Waals surface area (Å²) in [4.78, 5) is 54.2. The van der Waals surface area contributed by atoms with Crippen LogP contribution in [0.15, 0.2) is 9.82 Å². The van der Waals surface area contributed by atoms with E-state index >= 15 is 0 Å². The number of rotatable bonds is 4. The van der Waals surface area contributed by atoms with Crippen molar-refractivity contribution in [2.75, 3.05) is 6.54 Å². The molecule has 1 saturated heterocycles. The summed E-state index contributed by atoms with van der Waals surface area (Å²) in [5.74, 6) is -1.54. The number of amides is 2. The Balaban J connectivity index is 1.53. The molecule has 2 aliphatic heterocycles. The normalized spacial score (nSPS) is 40.6. The van der Waals surface area contributed by atoms with Gasteiger partial charge in [0.25, 0.3) is 0 Å². The summed E-state index contributed by atoms with van der Waals surface area (Å²) in [5.41, 5.74) is -0.183. The van der Waals surface area contributed by atoms with E-state index in [9.17, 15) is 19.2 Å². The number of hydrogen-bond acceptors (Lipinski definition) is 6. The van der Waals surface area contributed by atoms with E-state index < -0.39 is 5.97 Å². The van der Waals surface area contributed by atoms with Crippen LogP contribution in [0.2, 0.25) is 0 Å². The minimum absolute atomic E-state index is 0.0341. The van der Waals surface area contributed by atoms with Crippen molar-refractivity contribution in [2.45, 2.75) is 48.8 Å². The first-order valence-electron chi connectivity index (χ1n) is 9.75. The Labute approximate surface area is 169 Å². The molecule has 3 fully saturated rings. The zero-order valence-corrected chi connectivity index (χ0v) is 17.3. The average molecular weight is 423 g/mol. The van der Waals surface area contributed by atoms with E-state index in [2.05, 4.69) is 18.8 Å². The first kappa shape index (κ1) is 18.4. The third kappa shape index (κ3) is 2.17. The number of aliphatic carboxylic acids is 1. The van der Waals surface area contributed by atoms with Crippen LogP contribution in [0.4, 0.5) is 0 Å². The van der Waals surface area contributed by atoms with Gasteiger partial charge in [0.2, 0.25) is 11.8 Å². The maximum Gasteiger partial charge on any atom is 0.305 e. The number of aromatic amines is 1. The molecule has 2 amide bonds. The number of carbonyl (C=O) groups excluding carboxylic acids is 2. The molecule has 2 bridgehead atoms. The van der Waals surface area contributed by atoms with E-state index in [1.807, 2.05) is 0 Å². The number of likely N-dealkylation sites (tertiary alicyclic amines) is 1. The van der Waals surface area contributed by atoms with Gasteiger partial charge >= 0.3 is 10.8 Å². The maximum atomic E-state index is 13.1. The maximum absolute atomic E-state index is 13.1. The molecule has 9 heteroatoms. The molecule has 1 aromatic heterocycles. The largest absolute Gasteiger partial charge is 0.481 e. The van der Waals surface area contributed by atoms with Crippen molar-refractivity contribution in [1.29, 1.82) is 0 Å². The second-order valence-electron chi connectivity index (χ2n) is 8.64. The van der Waals surface area contributed by atoms with E-state index in [4.69, 9.17) is 5.11 Å². The van der Waals surface area contributed by atoms with Gasteiger partial charge in [-0.05, 0) is 30.6 Å². The molecule has 3 heterocycles. The Morgan fingerprint density at radius 3 is 2.57 bits per heavy atom. The standard InChI is InChI=1S/C19H22N2O5S2/c1-3-19(2)12-7-6-8(13(12)27-15-14(19)28-18(26)20-15)11-10(7)16(24)21(17(11)25)5-4-9(22)23/h7-8,10-13H,3-6H2,1-2H3,(H,20,26)(H,22,23)/t7-,8-,10+,11-,12-,13-,19-/m0/s1. The van der Waals surface area contributed by atoms with Crippen molar-refractivity contribution in [2.24, 2.45) is 29.6 Å². The molecule has 28 heavy (non-hydrogen) atoms. The fraction of sp³-hybridized carbons (Fsp3) is 0.684. The van der Waals surface area contributed by atoms with Gasteiger partial charge in [-0.1, -0.05) is 25.2 Å². The van der Waals surface area contributed by atoms with Gasteiger partial charge in [-0.15, -0.1) is 11.8 Å². The van der Waals surface area contributed by atoms with Gasteiger partial charge in [-0.25, -0.2) is 0 Å². The van der Waals surface area contributed by atoms with Gasteiger partial charge in [0.1, 0.15) is 0 Å². The summed E-state index contributed by atoms with van der Waals surface area (Å²) in [6.07, 6.45) is 1.54. The highest BCUT2D eigenvalue weighted by Crippen LogP contribution is 2.69. The van der Waals surface area contributed by atoms with Gasteiger partial charge in [0, 0.05) is 22.1 Å². The molecule has 150 valence electrons. The number of imide groups is 1. The number of fused-ring (bicyclic) bond motifs is 9. The fourth-order valence-electron chi connectivity index (χ4n) is 6.38. The third-order valence-electron chi connectivity index (χ3n) is 7.60. The molecule has 2 aliphatic carbocycles. The van der Waals surface area contributed by atoms with Crippen molar-refractivity contribution >= 4 is 40.9 Å². The Hall–Kier alpha value is -1.61. The van der Waals surface area contributed by atoms with Crippen LogP contribution < -0.4 is 4.87 Å². The SMILES string of the molecule is CC[C@]1(C)c2sc(=O)[nH]c2S[C@H]2[C@H]3C[C@@H]([C@H]4C(=O)N(CCC(=O)O)C(=O)[C@@H]34)[C@@H]21. The highest BCUT2D eigenvalue weighted by Gasteiger charge is 2.71. The van der Waals surface area contributed by atoms with E-state index in [1.165, 1.54) is 16.2 Å². The van der Waals surface area contributed by atoms with Crippen LogP contribution in [0.3, 0.4) is 0 Å². The number of nitrogens with zero attached hydrogens (tertiary/aromatic N) is 1. The predicted molar refractivity (Wildman–Crippen MR) is 103 cm³/mol. The Bertz CT molecular complexity index is 954. The summed E-state index contributed by atoms with van der Waals surface area (Å²) < 4.78 is 0. The lowest BCUT2D eigenvalue weighted by atomic mass is 9.62. The van der Waals surface area contributed by atoms with Crippen LogP contribution in [0.25, 0.3) is 0 Å². The van der Waals surface area contributed by atoms with E-state index in [1.54, 1.807) is 11.8 Å². The summed E-state index contributed by atoms with van der Waals surface area (Å²) in [5, 5.41) is 10.1. The lowest BCUT2D eigenvalue weighted by molar-refractivity contribution is -0.142.